The number of aryl methyl sites for hydroxylation is 1. The highest BCUT2D eigenvalue weighted by Gasteiger charge is 2.25. The van der Waals surface area contributed by atoms with Gasteiger partial charge >= 0.3 is 0 Å². The van der Waals surface area contributed by atoms with Crippen LogP contribution in [0.4, 0.5) is 33.2 Å². The number of hydrogen-bond donors (Lipinski definition) is 3. The molecule has 1 aliphatic heterocycles. The lowest BCUT2D eigenvalue weighted by atomic mass is 9.96. The Morgan fingerprint density at radius 3 is 2.63 bits per heavy atom. The second-order valence-electron chi connectivity index (χ2n) is 10.4. The van der Waals surface area contributed by atoms with E-state index in [1.807, 2.05) is 13.0 Å². The van der Waals surface area contributed by atoms with Crippen LogP contribution >= 0.6 is 15.9 Å². The highest BCUT2D eigenvalue weighted by molar-refractivity contribution is 9.10. The molecule has 0 spiro atoms. The van der Waals surface area contributed by atoms with Crippen LogP contribution < -0.4 is 20.3 Å². The summed E-state index contributed by atoms with van der Waals surface area (Å²) in [5.41, 5.74) is 2.67. The van der Waals surface area contributed by atoms with Gasteiger partial charge in [0.1, 0.15) is 17.4 Å². The van der Waals surface area contributed by atoms with Crippen molar-refractivity contribution in [2.45, 2.75) is 45.3 Å². The molecule has 4 rings (SSSR count). The van der Waals surface area contributed by atoms with Gasteiger partial charge in [0.25, 0.3) is 0 Å². The molecule has 0 aliphatic carbocycles. The lowest BCUT2D eigenvalue weighted by Gasteiger charge is -2.38. The fourth-order valence-corrected chi connectivity index (χ4v) is 5.00. The molecule has 38 heavy (non-hydrogen) atoms. The van der Waals surface area contributed by atoms with E-state index in [1.54, 1.807) is 33.2 Å². The summed E-state index contributed by atoms with van der Waals surface area (Å²) in [6.07, 6.45) is 3.97. The molecule has 0 amide bonds. The van der Waals surface area contributed by atoms with Crippen LogP contribution in [0, 0.1) is 12.7 Å². The molecule has 3 aromatic rings. The van der Waals surface area contributed by atoms with E-state index in [-0.39, 0.29) is 0 Å². The van der Waals surface area contributed by atoms with Crippen LogP contribution in [0.3, 0.4) is 0 Å². The van der Waals surface area contributed by atoms with Gasteiger partial charge in [0.15, 0.2) is 0 Å². The molecule has 204 valence electrons. The quantitative estimate of drug-likeness (QED) is 0.299. The zero-order valence-corrected chi connectivity index (χ0v) is 24.4. The molecule has 1 fully saturated rings. The van der Waals surface area contributed by atoms with Crippen LogP contribution in [-0.2, 0) is 5.60 Å². The second kappa shape index (κ2) is 11.4. The van der Waals surface area contributed by atoms with E-state index in [2.05, 4.69) is 66.5 Å². The average molecular weight is 588 g/mol. The molecule has 2 heterocycles. The van der Waals surface area contributed by atoms with Crippen molar-refractivity contribution in [1.29, 1.82) is 0 Å². The predicted octanol–water partition coefficient (Wildman–Crippen LogP) is 5.94. The van der Waals surface area contributed by atoms with Gasteiger partial charge in [-0.2, -0.15) is 4.98 Å². The third-order valence-electron chi connectivity index (χ3n) is 6.88. The number of methoxy groups -OCH3 is 1. The normalized spacial score (nSPS) is 16.1. The first-order chi connectivity index (χ1) is 18.0. The zero-order chi connectivity index (χ0) is 27.6. The van der Waals surface area contributed by atoms with E-state index >= 15 is 0 Å². The van der Waals surface area contributed by atoms with Crippen LogP contribution in [-0.4, -0.2) is 60.3 Å². The van der Waals surface area contributed by atoms with Gasteiger partial charge < -0.3 is 30.3 Å². The number of aromatic nitrogens is 2. The SMILES string of the molecule is COc1cc(Nc2ncc(Br)c(Nc3ccc(F)cc3C(C)(C)O)n2)c(C)cc1N1CCCC(N(C)C)C1. The minimum absolute atomic E-state index is 0.381. The number of nitrogens with zero attached hydrogens (tertiary/aromatic N) is 4. The number of likely N-dealkylation sites (N-methyl/N-ethyl adjacent to an activating group) is 1. The summed E-state index contributed by atoms with van der Waals surface area (Å²) in [6.45, 7) is 7.22. The Hall–Kier alpha value is -2.95. The highest BCUT2D eigenvalue weighted by Crippen LogP contribution is 2.37. The Kier molecular flexibility index (Phi) is 8.44. The molecule has 0 radical (unpaired) electrons. The summed E-state index contributed by atoms with van der Waals surface area (Å²) in [7, 11) is 5.95. The maximum Gasteiger partial charge on any atom is 0.229 e. The number of piperidine rings is 1. The third kappa shape index (κ3) is 6.36. The molecule has 0 saturated carbocycles. The van der Waals surface area contributed by atoms with Crippen LogP contribution in [0.1, 0.15) is 37.8 Å². The fraction of sp³-hybridized carbons (Fsp3) is 0.429. The molecule has 1 aromatic heterocycles. The molecule has 0 bridgehead atoms. The van der Waals surface area contributed by atoms with Gasteiger partial charge in [0.05, 0.1) is 22.9 Å². The Morgan fingerprint density at radius 1 is 1.18 bits per heavy atom. The molecular weight excluding hydrogens is 551 g/mol. The molecule has 10 heteroatoms. The molecule has 1 aliphatic rings. The Bertz CT molecular complexity index is 1300. The van der Waals surface area contributed by atoms with Gasteiger partial charge in [-0.05, 0) is 93.5 Å². The summed E-state index contributed by atoms with van der Waals surface area (Å²) in [5.74, 6) is 1.22. The number of hydrogen-bond acceptors (Lipinski definition) is 8. The standard InChI is InChI=1S/C28H36BrFN6O2/c1-17-12-24(36-11-7-8-19(16-36)35(4)5)25(38-6)14-23(17)33-27-31-15-21(29)26(34-27)32-22-10-9-18(30)13-20(22)28(2,3)37/h9-10,12-15,19,37H,7-8,11,16H2,1-6H3,(H2,31,32,33,34). The van der Waals surface area contributed by atoms with Crippen LogP contribution in [0.15, 0.2) is 41.0 Å². The first-order valence-corrected chi connectivity index (χ1v) is 13.4. The second-order valence-corrected chi connectivity index (χ2v) is 11.3. The summed E-state index contributed by atoms with van der Waals surface area (Å²) in [4.78, 5) is 13.7. The van der Waals surface area contributed by atoms with E-state index in [9.17, 15) is 9.50 Å². The minimum Gasteiger partial charge on any atom is -0.495 e. The largest absolute Gasteiger partial charge is 0.495 e. The Morgan fingerprint density at radius 2 is 1.95 bits per heavy atom. The van der Waals surface area contributed by atoms with Gasteiger partial charge in [-0.1, -0.05) is 0 Å². The van der Waals surface area contributed by atoms with Crippen molar-refractivity contribution in [3.63, 3.8) is 0 Å². The van der Waals surface area contributed by atoms with E-state index in [1.165, 1.54) is 18.6 Å². The van der Waals surface area contributed by atoms with Crippen LogP contribution in [0.25, 0.3) is 0 Å². The van der Waals surface area contributed by atoms with E-state index < -0.39 is 11.4 Å². The van der Waals surface area contributed by atoms with Crippen molar-refractivity contribution in [2.75, 3.05) is 49.8 Å². The minimum atomic E-state index is -1.25. The fourth-order valence-electron chi connectivity index (χ4n) is 4.71. The van der Waals surface area contributed by atoms with Crippen molar-refractivity contribution in [3.8, 4) is 5.75 Å². The number of benzene rings is 2. The number of nitrogens with one attached hydrogen (secondary N) is 2. The lowest BCUT2D eigenvalue weighted by molar-refractivity contribution is 0.0790. The summed E-state index contributed by atoms with van der Waals surface area (Å²) >= 11 is 3.49. The first kappa shape index (κ1) is 28.1. The van der Waals surface area contributed by atoms with E-state index in [4.69, 9.17) is 4.74 Å². The first-order valence-electron chi connectivity index (χ1n) is 12.6. The number of rotatable bonds is 8. The molecule has 2 aromatic carbocycles. The Labute approximate surface area is 232 Å². The van der Waals surface area contributed by atoms with Crippen molar-refractivity contribution in [3.05, 3.63) is 57.9 Å². The zero-order valence-electron chi connectivity index (χ0n) is 22.8. The average Bonchev–Trinajstić information content (AvgIpc) is 2.87. The van der Waals surface area contributed by atoms with Crippen LogP contribution in [0.5, 0.6) is 5.75 Å². The Balaban J connectivity index is 1.60. The van der Waals surface area contributed by atoms with Crippen molar-refractivity contribution < 1.29 is 14.2 Å². The third-order valence-corrected chi connectivity index (χ3v) is 7.46. The molecule has 1 atom stereocenters. The monoisotopic (exact) mass is 586 g/mol. The molecule has 8 nitrogen and oxygen atoms in total. The maximum atomic E-state index is 13.9. The smallest absolute Gasteiger partial charge is 0.229 e. The number of anilines is 5. The summed E-state index contributed by atoms with van der Waals surface area (Å²) < 4.78 is 20.3. The predicted molar refractivity (Wildman–Crippen MR) is 155 cm³/mol. The van der Waals surface area contributed by atoms with Crippen molar-refractivity contribution in [1.82, 2.24) is 14.9 Å². The van der Waals surface area contributed by atoms with Gasteiger partial charge in [-0.25, -0.2) is 9.37 Å². The van der Waals surface area contributed by atoms with Gasteiger partial charge in [0, 0.05) is 48.3 Å². The number of ether oxygens (including phenoxy) is 1. The number of aliphatic hydroxyl groups is 1. The maximum absolute atomic E-state index is 13.9. The molecule has 1 unspecified atom stereocenters. The number of halogens is 2. The van der Waals surface area contributed by atoms with Crippen molar-refractivity contribution >= 4 is 44.8 Å². The van der Waals surface area contributed by atoms with Gasteiger partial charge in [-0.3, -0.25) is 0 Å². The van der Waals surface area contributed by atoms with Gasteiger partial charge in [0.2, 0.25) is 5.95 Å². The molecule has 1 saturated heterocycles. The van der Waals surface area contributed by atoms with Crippen LogP contribution in [0.2, 0.25) is 0 Å². The van der Waals surface area contributed by atoms with Gasteiger partial charge in [-0.15, -0.1) is 0 Å². The molecule has 3 N–H and O–H groups in total. The highest BCUT2D eigenvalue weighted by atomic mass is 79.9. The van der Waals surface area contributed by atoms with Crippen molar-refractivity contribution in [2.24, 2.45) is 0 Å². The van der Waals surface area contributed by atoms with E-state index in [0.717, 1.165) is 42.2 Å². The lowest BCUT2D eigenvalue weighted by Crippen LogP contribution is -2.45. The molecular formula is C28H36BrFN6O2. The summed E-state index contributed by atoms with van der Waals surface area (Å²) in [5, 5.41) is 17.1. The topological polar surface area (TPSA) is 85.8 Å². The van der Waals surface area contributed by atoms with E-state index in [0.29, 0.717) is 33.5 Å². The summed E-state index contributed by atoms with van der Waals surface area (Å²) in [6, 6.07) is 8.87.